The van der Waals surface area contributed by atoms with Gasteiger partial charge in [0, 0.05) is 8.59 Å². The number of halogens is 2. The molecule has 0 amide bonds. The van der Waals surface area contributed by atoms with Crippen LogP contribution in [0.25, 0.3) is 22.6 Å². The van der Waals surface area contributed by atoms with E-state index in [0.717, 1.165) is 9.13 Å². The molecule has 0 bridgehead atoms. The number of fused-ring (bicyclic) bond motifs is 1. The molecule has 0 aliphatic carbocycles. The van der Waals surface area contributed by atoms with Crippen LogP contribution in [0.4, 0.5) is 0 Å². The molecule has 0 atom stereocenters. The van der Waals surface area contributed by atoms with Crippen molar-refractivity contribution in [2.45, 2.75) is 0 Å². The van der Waals surface area contributed by atoms with Gasteiger partial charge < -0.3 is 9.52 Å². The zero-order valence-electron chi connectivity index (χ0n) is 9.93. The Kier molecular flexibility index (Phi) is 3.39. The van der Waals surface area contributed by atoms with Gasteiger partial charge in [0.1, 0.15) is 11.1 Å². The number of carbonyl (C=O) groups is 1. The lowest BCUT2D eigenvalue weighted by Gasteiger charge is -1.99. The smallest absolute Gasteiger partial charge is 0.339 e. The SMILES string of the molecule is O=C(O)c1cccc2nc(-c3cc(Cl)ccc3I)oc12. The fourth-order valence-electron chi connectivity index (χ4n) is 1.89. The molecule has 0 spiro atoms. The number of hydrogen-bond acceptors (Lipinski definition) is 3. The van der Waals surface area contributed by atoms with Crippen LogP contribution in [0.15, 0.2) is 40.8 Å². The summed E-state index contributed by atoms with van der Waals surface area (Å²) in [5.41, 5.74) is 1.62. The van der Waals surface area contributed by atoms with E-state index in [9.17, 15) is 4.79 Å². The molecule has 0 aliphatic heterocycles. The molecule has 100 valence electrons. The Morgan fingerprint density at radius 3 is 2.85 bits per heavy atom. The molecule has 1 N–H and O–H groups in total. The Labute approximate surface area is 132 Å². The summed E-state index contributed by atoms with van der Waals surface area (Å²) >= 11 is 8.13. The molecule has 0 aliphatic rings. The molecule has 20 heavy (non-hydrogen) atoms. The summed E-state index contributed by atoms with van der Waals surface area (Å²) in [7, 11) is 0. The van der Waals surface area contributed by atoms with E-state index in [0.29, 0.717) is 16.4 Å². The van der Waals surface area contributed by atoms with Gasteiger partial charge in [0.25, 0.3) is 0 Å². The maximum Gasteiger partial charge on any atom is 0.339 e. The topological polar surface area (TPSA) is 63.3 Å². The molecular weight excluding hydrogens is 393 g/mol. The third kappa shape index (κ3) is 2.27. The second-order valence-corrected chi connectivity index (χ2v) is 5.70. The van der Waals surface area contributed by atoms with Gasteiger partial charge in [0.2, 0.25) is 5.89 Å². The van der Waals surface area contributed by atoms with Crippen molar-refractivity contribution in [3.8, 4) is 11.5 Å². The fourth-order valence-corrected chi connectivity index (χ4v) is 2.63. The summed E-state index contributed by atoms with van der Waals surface area (Å²) < 4.78 is 6.55. The van der Waals surface area contributed by atoms with Gasteiger partial charge in [0.05, 0.1) is 5.56 Å². The molecule has 2 aromatic carbocycles. The lowest BCUT2D eigenvalue weighted by Crippen LogP contribution is -1.95. The van der Waals surface area contributed by atoms with Gasteiger partial charge in [-0.15, -0.1) is 0 Å². The molecule has 6 heteroatoms. The highest BCUT2D eigenvalue weighted by Crippen LogP contribution is 2.31. The average molecular weight is 400 g/mol. The van der Waals surface area contributed by atoms with Crippen molar-refractivity contribution in [2.24, 2.45) is 0 Å². The van der Waals surface area contributed by atoms with Gasteiger partial charge >= 0.3 is 5.97 Å². The van der Waals surface area contributed by atoms with E-state index in [4.69, 9.17) is 21.1 Å². The average Bonchev–Trinajstić information content (AvgIpc) is 2.84. The quantitative estimate of drug-likeness (QED) is 0.647. The number of nitrogens with zero attached hydrogens (tertiary/aromatic N) is 1. The monoisotopic (exact) mass is 399 g/mol. The first-order valence-corrected chi connectivity index (χ1v) is 7.10. The molecule has 0 fully saturated rings. The van der Waals surface area contributed by atoms with Crippen LogP contribution in [0, 0.1) is 3.57 Å². The van der Waals surface area contributed by atoms with Crippen molar-refractivity contribution in [2.75, 3.05) is 0 Å². The largest absolute Gasteiger partial charge is 0.478 e. The Morgan fingerprint density at radius 1 is 1.30 bits per heavy atom. The third-order valence-corrected chi connectivity index (χ3v) is 3.98. The Balaban J connectivity index is 2.26. The lowest BCUT2D eigenvalue weighted by molar-refractivity contribution is 0.0698. The van der Waals surface area contributed by atoms with Crippen LogP contribution in [-0.4, -0.2) is 16.1 Å². The second kappa shape index (κ2) is 5.06. The lowest BCUT2D eigenvalue weighted by atomic mass is 10.2. The molecule has 4 nitrogen and oxygen atoms in total. The van der Waals surface area contributed by atoms with Crippen LogP contribution in [0.1, 0.15) is 10.4 Å². The first-order valence-electron chi connectivity index (χ1n) is 5.64. The van der Waals surface area contributed by atoms with E-state index in [1.807, 2.05) is 6.07 Å². The molecule has 0 radical (unpaired) electrons. The Bertz CT molecular complexity index is 828. The number of carboxylic acid groups (broad SMARTS) is 1. The molecule has 0 saturated heterocycles. The standard InChI is InChI=1S/C14H7ClINO3/c15-7-4-5-10(16)9(6-7)13-17-11-3-1-2-8(14(18)19)12(11)20-13/h1-6H,(H,18,19). The summed E-state index contributed by atoms with van der Waals surface area (Å²) in [5, 5.41) is 9.72. The molecule has 0 saturated carbocycles. The van der Waals surface area contributed by atoms with E-state index in [1.165, 1.54) is 6.07 Å². The zero-order chi connectivity index (χ0) is 14.3. The van der Waals surface area contributed by atoms with Gasteiger partial charge in [-0.1, -0.05) is 17.7 Å². The number of rotatable bonds is 2. The van der Waals surface area contributed by atoms with Crippen LogP contribution in [0.3, 0.4) is 0 Å². The highest BCUT2D eigenvalue weighted by molar-refractivity contribution is 14.1. The Hall–Kier alpha value is -1.60. The molecule has 0 unspecified atom stereocenters. The number of carboxylic acids is 1. The zero-order valence-corrected chi connectivity index (χ0v) is 12.8. The minimum atomic E-state index is -1.04. The van der Waals surface area contributed by atoms with Crippen LogP contribution < -0.4 is 0 Å². The minimum absolute atomic E-state index is 0.0956. The highest BCUT2D eigenvalue weighted by Gasteiger charge is 2.17. The van der Waals surface area contributed by atoms with Gasteiger partial charge in [-0.25, -0.2) is 9.78 Å². The van der Waals surface area contributed by atoms with E-state index in [-0.39, 0.29) is 11.1 Å². The van der Waals surface area contributed by atoms with Crippen molar-refractivity contribution >= 4 is 51.3 Å². The second-order valence-electron chi connectivity index (χ2n) is 4.10. The maximum absolute atomic E-state index is 11.2. The van der Waals surface area contributed by atoms with Gasteiger partial charge in [-0.05, 0) is 52.9 Å². The number of para-hydroxylation sites is 1. The van der Waals surface area contributed by atoms with Crippen molar-refractivity contribution in [1.29, 1.82) is 0 Å². The molecule has 3 rings (SSSR count). The first-order chi connectivity index (χ1) is 9.56. The number of aromatic carboxylic acids is 1. The van der Waals surface area contributed by atoms with E-state index >= 15 is 0 Å². The minimum Gasteiger partial charge on any atom is -0.478 e. The van der Waals surface area contributed by atoms with Gasteiger partial charge in [-0.2, -0.15) is 0 Å². The predicted molar refractivity (Wildman–Crippen MR) is 84.1 cm³/mol. The summed E-state index contributed by atoms with van der Waals surface area (Å²) in [4.78, 5) is 15.5. The van der Waals surface area contributed by atoms with Crippen LogP contribution in [0.2, 0.25) is 5.02 Å². The fraction of sp³-hybridized carbons (Fsp3) is 0. The molecule has 1 heterocycles. The van der Waals surface area contributed by atoms with Crippen molar-refractivity contribution in [3.63, 3.8) is 0 Å². The maximum atomic E-state index is 11.2. The Morgan fingerprint density at radius 2 is 2.10 bits per heavy atom. The predicted octanol–water partition coefficient (Wildman–Crippen LogP) is 4.45. The van der Waals surface area contributed by atoms with Gasteiger partial charge in [0.15, 0.2) is 5.58 Å². The molecule has 1 aromatic heterocycles. The normalized spacial score (nSPS) is 10.9. The summed E-state index contributed by atoms with van der Waals surface area (Å²) in [5.74, 6) is -0.681. The van der Waals surface area contributed by atoms with Crippen LogP contribution >= 0.6 is 34.2 Å². The number of hydrogen-bond donors (Lipinski definition) is 1. The molecular formula is C14H7ClINO3. The van der Waals surface area contributed by atoms with Crippen LogP contribution in [-0.2, 0) is 0 Å². The summed E-state index contributed by atoms with van der Waals surface area (Å²) in [6.07, 6.45) is 0. The van der Waals surface area contributed by atoms with E-state index in [1.54, 1.807) is 24.3 Å². The third-order valence-electron chi connectivity index (χ3n) is 2.80. The number of benzene rings is 2. The summed E-state index contributed by atoms with van der Waals surface area (Å²) in [6.45, 7) is 0. The summed E-state index contributed by atoms with van der Waals surface area (Å²) in [6, 6.07) is 10.2. The number of aromatic nitrogens is 1. The van der Waals surface area contributed by atoms with Crippen molar-refractivity contribution < 1.29 is 14.3 Å². The van der Waals surface area contributed by atoms with Crippen molar-refractivity contribution in [3.05, 3.63) is 50.6 Å². The first kappa shape index (κ1) is 13.4. The van der Waals surface area contributed by atoms with Crippen LogP contribution in [0.5, 0.6) is 0 Å². The molecule has 3 aromatic rings. The van der Waals surface area contributed by atoms with Crippen molar-refractivity contribution in [1.82, 2.24) is 4.98 Å². The van der Waals surface area contributed by atoms with E-state index in [2.05, 4.69) is 27.6 Å². The van der Waals surface area contributed by atoms with E-state index < -0.39 is 5.97 Å². The number of oxazole rings is 1. The highest BCUT2D eigenvalue weighted by atomic mass is 127. The van der Waals surface area contributed by atoms with Gasteiger partial charge in [-0.3, -0.25) is 0 Å².